The average molecular weight is 256 g/mol. The number of aromatic nitrogens is 3. The summed E-state index contributed by atoms with van der Waals surface area (Å²) < 4.78 is 1.76. The minimum absolute atomic E-state index is 0.726. The van der Waals surface area contributed by atoms with Crippen LogP contribution >= 0.6 is 11.3 Å². The normalized spacial score (nSPS) is 10.7. The van der Waals surface area contributed by atoms with Gasteiger partial charge in [0.1, 0.15) is 5.69 Å². The standard InChI is InChI=1S/C13H12N4S/c1-9-4-5-10(14)7-12(9)17-8-11(15-16-17)13-3-2-6-18-13/h2-8H,14H2,1H3. The molecular weight excluding hydrogens is 244 g/mol. The summed E-state index contributed by atoms with van der Waals surface area (Å²) in [6.07, 6.45) is 1.92. The number of hydrogen-bond donors (Lipinski definition) is 1. The third-order valence-electron chi connectivity index (χ3n) is 2.75. The summed E-state index contributed by atoms with van der Waals surface area (Å²) >= 11 is 1.65. The fourth-order valence-electron chi connectivity index (χ4n) is 1.79. The summed E-state index contributed by atoms with van der Waals surface area (Å²) in [5.41, 5.74) is 9.49. The molecule has 5 heteroatoms. The summed E-state index contributed by atoms with van der Waals surface area (Å²) in [6.45, 7) is 2.03. The molecule has 3 rings (SSSR count). The first-order valence-corrected chi connectivity index (χ1v) is 6.45. The van der Waals surface area contributed by atoms with Crippen molar-refractivity contribution < 1.29 is 0 Å². The van der Waals surface area contributed by atoms with Gasteiger partial charge in [-0.1, -0.05) is 17.3 Å². The van der Waals surface area contributed by atoms with E-state index in [1.807, 2.05) is 48.8 Å². The lowest BCUT2D eigenvalue weighted by Crippen LogP contribution is -1.99. The highest BCUT2D eigenvalue weighted by molar-refractivity contribution is 7.13. The first-order chi connectivity index (χ1) is 8.74. The lowest BCUT2D eigenvalue weighted by atomic mass is 10.2. The van der Waals surface area contributed by atoms with E-state index < -0.39 is 0 Å². The van der Waals surface area contributed by atoms with Crippen LogP contribution in [0.25, 0.3) is 16.3 Å². The highest BCUT2D eigenvalue weighted by atomic mass is 32.1. The van der Waals surface area contributed by atoms with Crippen molar-refractivity contribution in [3.8, 4) is 16.3 Å². The molecule has 0 spiro atoms. The van der Waals surface area contributed by atoms with Crippen molar-refractivity contribution in [1.82, 2.24) is 15.0 Å². The van der Waals surface area contributed by atoms with E-state index in [0.29, 0.717) is 0 Å². The second-order valence-corrected chi connectivity index (χ2v) is 5.02. The minimum Gasteiger partial charge on any atom is -0.399 e. The van der Waals surface area contributed by atoms with E-state index in [1.54, 1.807) is 16.0 Å². The Morgan fingerprint density at radius 2 is 2.17 bits per heavy atom. The van der Waals surface area contributed by atoms with Crippen LogP contribution in [-0.4, -0.2) is 15.0 Å². The molecule has 2 N–H and O–H groups in total. The van der Waals surface area contributed by atoms with Crippen LogP contribution in [0.4, 0.5) is 5.69 Å². The molecule has 2 aromatic heterocycles. The number of thiophene rings is 1. The summed E-state index contributed by atoms with van der Waals surface area (Å²) in [5.74, 6) is 0. The summed E-state index contributed by atoms with van der Waals surface area (Å²) in [5, 5.41) is 10.4. The van der Waals surface area contributed by atoms with Crippen LogP contribution in [0.3, 0.4) is 0 Å². The van der Waals surface area contributed by atoms with Gasteiger partial charge in [0.25, 0.3) is 0 Å². The second-order valence-electron chi connectivity index (χ2n) is 4.07. The molecule has 90 valence electrons. The Kier molecular flexibility index (Phi) is 2.60. The molecule has 0 amide bonds. The molecule has 4 nitrogen and oxygen atoms in total. The Labute approximate surface area is 109 Å². The quantitative estimate of drug-likeness (QED) is 0.717. The van der Waals surface area contributed by atoms with Gasteiger partial charge < -0.3 is 5.73 Å². The van der Waals surface area contributed by atoms with E-state index >= 15 is 0 Å². The molecule has 0 unspecified atom stereocenters. The van der Waals surface area contributed by atoms with E-state index in [0.717, 1.165) is 27.5 Å². The Morgan fingerprint density at radius 1 is 1.28 bits per heavy atom. The molecule has 0 saturated carbocycles. The van der Waals surface area contributed by atoms with Crippen LogP contribution in [-0.2, 0) is 0 Å². The smallest absolute Gasteiger partial charge is 0.123 e. The van der Waals surface area contributed by atoms with Crippen LogP contribution in [0.5, 0.6) is 0 Å². The zero-order valence-electron chi connectivity index (χ0n) is 9.87. The fraction of sp³-hybridized carbons (Fsp3) is 0.0769. The molecule has 0 bridgehead atoms. The largest absolute Gasteiger partial charge is 0.399 e. The third-order valence-corrected chi connectivity index (χ3v) is 3.64. The number of aryl methyl sites for hydroxylation is 1. The maximum atomic E-state index is 5.81. The van der Waals surface area contributed by atoms with Crippen molar-refractivity contribution in [2.24, 2.45) is 0 Å². The van der Waals surface area contributed by atoms with Gasteiger partial charge in [0.15, 0.2) is 0 Å². The fourth-order valence-corrected chi connectivity index (χ4v) is 2.47. The van der Waals surface area contributed by atoms with E-state index in [9.17, 15) is 0 Å². The van der Waals surface area contributed by atoms with Crippen molar-refractivity contribution in [1.29, 1.82) is 0 Å². The molecule has 0 fully saturated rings. The molecular formula is C13H12N4S. The highest BCUT2D eigenvalue weighted by Crippen LogP contribution is 2.24. The lowest BCUT2D eigenvalue weighted by molar-refractivity contribution is 0.799. The van der Waals surface area contributed by atoms with Gasteiger partial charge >= 0.3 is 0 Å². The second kappa shape index (κ2) is 4.27. The summed E-state index contributed by atoms with van der Waals surface area (Å²) in [7, 11) is 0. The molecule has 0 aliphatic rings. The molecule has 1 aromatic carbocycles. The van der Waals surface area contributed by atoms with Gasteiger partial charge in [0.05, 0.1) is 16.8 Å². The van der Waals surface area contributed by atoms with Gasteiger partial charge in [-0.25, -0.2) is 4.68 Å². The molecule has 0 atom stereocenters. The Hall–Kier alpha value is -2.14. The van der Waals surface area contributed by atoms with Crippen molar-refractivity contribution in [2.45, 2.75) is 6.92 Å². The van der Waals surface area contributed by atoms with Crippen molar-refractivity contribution in [3.05, 3.63) is 47.5 Å². The minimum atomic E-state index is 0.726. The number of hydrogen-bond acceptors (Lipinski definition) is 4. The first-order valence-electron chi connectivity index (χ1n) is 5.57. The van der Waals surface area contributed by atoms with E-state index in [2.05, 4.69) is 10.3 Å². The van der Waals surface area contributed by atoms with Crippen LogP contribution in [0.15, 0.2) is 41.9 Å². The van der Waals surface area contributed by atoms with Gasteiger partial charge in [0.2, 0.25) is 0 Å². The van der Waals surface area contributed by atoms with Crippen molar-refractivity contribution in [3.63, 3.8) is 0 Å². The number of rotatable bonds is 2. The maximum Gasteiger partial charge on any atom is 0.123 e. The third kappa shape index (κ3) is 1.89. The van der Waals surface area contributed by atoms with Gasteiger partial charge in [-0.15, -0.1) is 16.4 Å². The van der Waals surface area contributed by atoms with E-state index in [-0.39, 0.29) is 0 Å². The number of anilines is 1. The highest BCUT2D eigenvalue weighted by Gasteiger charge is 2.08. The molecule has 2 heterocycles. The van der Waals surface area contributed by atoms with E-state index in [1.165, 1.54) is 0 Å². The average Bonchev–Trinajstić information content (AvgIpc) is 3.00. The topological polar surface area (TPSA) is 56.7 Å². The van der Waals surface area contributed by atoms with Crippen LogP contribution < -0.4 is 5.73 Å². The first kappa shape index (κ1) is 11.0. The SMILES string of the molecule is Cc1ccc(N)cc1-n1cc(-c2cccs2)nn1. The zero-order chi connectivity index (χ0) is 12.5. The molecule has 0 saturated heterocycles. The number of nitrogens with zero attached hydrogens (tertiary/aromatic N) is 3. The monoisotopic (exact) mass is 256 g/mol. The van der Waals surface area contributed by atoms with Crippen molar-refractivity contribution in [2.75, 3.05) is 5.73 Å². The van der Waals surface area contributed by atoms with Crippen LogP contribution in [0.2, 0.25) is 0 Å². The predicted molar refractivity (Wildman–Crippen MR) is 73.8 cm³/mol. The molecule has 0 radical (unpaired) electrons. The summed E-state index contributed by atoms with van der Waals surface area (Å²) in [4.78, 5) is 1.11. The van der Waals surface area contributed by atoms with Gasteiger partial charge in [0, 0.05) is 5.69 Å². The molecule has 18 heavy (non-hydrogen) atoms. The Bertz CT molecular complexity index is 670. The van der Waals surface area contributed by atoms with Gasteiger partial charge in [-0.3, -0.25) is 0 Å². The molecule has 0 aliphatic heterocycles. The number of benzene rings is 1. The molecule has 3 aromatic rings. The predicted octanol–water partition coefficient (Wildman–Crippen LogP) is 2.89. The Balaban J connectivity index is 2.05. The zero-order valence-corrected chi connectivity index (χ0v) is 10.7. The van der Waals surface area contributed by atoms with E-state index in [4.69, 9.17) is 5.73 Å². The molecule has 0 aliphatic carbocycles. The van der Waals surface area contributed by atoms with Crippen LogP contribution in [0, 0.1) is 6.92 Å². The Morgan fingerprint density at radius 3 is 2.94 bits per heavy atom. The lowest BCUT2D eigenvalue weighted by Gasteiger charge is -2.05. The summed E-state index contributed by atoms with van der Waals surface area (Å²) in [6, 6.07) is 9.81. The van der Waals surface area contributed by atoms with Crippen LogP contribution in [0.1, 0.15) is 5.56 Å². The number of nitrogen functional groups attached to an aromatic ring is 1. The van der Waals surface area contributed by atoms with Gasteiger partial charge in [-0.05, 0) is 36.1 Å². The van der Waals surface area contributed by atoms with Crippen molar-refractivity contribution >= 4 is 17.0 Å². The van der Waals surface area contributed by atoms with Gasteiger partial charge in [-0.2, -0.15) is 0 Å². The maximum absolute atomic E-state index is 5.81. The number of nitrogens with two attached hydrogens (primary N) is 1.